The Bertz CT molecular complexity index is 633. The summed E-state index contributed by atoms with van der Waals surface area (Å²) in [6.45, 7) is 5.36. The maximum atomic E-state index is 12.0. The van der Waals surface area contributed by atoms with E-state index in [1.54, 1.807) is 0 Å². The molecule has 3 N–H and O–H groups in total. The zero-order valence-corrected chi connectivity index (χ0v) is 16.6. The van der Waals surface area contributed by atoms with Crippen molar-refractivity contribution in [3.8, 4) is 0 Å². The van der Waals surface area contributed by atoms with Gasteiger partial charge in [0, 0.05) is 25.2 Å². The minimum absolute atomic E-state index is 0.00311. The summed E-state index contributed by atoms with van der Waals surface area (Å²) in [6, 6.07) is 4.25. The number of aliphatic carboxylic acids is 1. The molecule has 2 atom stereocenters. The lowest BCUT2D eigenvalue weighted by Crippen LogP contribution is -2.30. The fraction of sp³-hybridized carbons (Fsp3) is 0.667. The van der Waals surface area contributed by atoms with Crippen LogP contribution in [0.4, 0.5) is 5.82 Å². The highest BCUT2D eigenvalue weighted by molar-refractivity contribution is 5.76. The van der Waals surface area contributed by atoms with Crippen molar-refractivity contribution in [3.05, 3.63) is 23.4 Å². The Morgan fingerprint density at radius 2 is 2.15 bits per heavy atom. The normalized spacial score (nSPS) is 15.3. The van der Waals surface area contributed by atoms with Crippen molar-refractivity contribution in [1.82, 2.24) is 10.3 Å². The molecule has 2 heterocycles. The van der Waals surface area contributed by atoms with Gasteiger partial charge in [-0.05, 0) is 56.1 Å². The minimum atomic E-state index is -0.773. The van der Waals surface area contributed by atoms with Crippen LogP contribution in [0.1, 0.15) is 63.6 Å². The molecule has 1 aromatic heterocycles. The van der Waals surface area contributed by atoms with E-state index in [4.69, 9.17) is 0 Å². The maximum Gasteiger partial charge on any atom is 0.306 e. The van der Waals surface area contributed by atoms with Crippen LogP contribution < -0.4 is 10.6 Å². The molecule has 0 saturated heterocycles. The summed E-state index contributed by atoms with van der Waals surface area (Å²) in [5.74, 6) is -0.0169. The van der Waals surface area contributed by atoms with Crippen molar-refractivity contribution in [2.45, 2.75) is 65.2 Å². The average Bonchev–Trinajstić information content (AvgIpc) is 2.67. The Labute approximate surface area is 162 Å². The van der Waals surface area contributed by atoms with Gasteiger partial charge in [0.15, 0.2) is 0 Å². The summed E-state index contributed by atoms with van der Waals surface area (Å²) in [4.78, 5) is 27.9. The second kappa shape index (κ2) is 10.9. The van der Waals surface area contributed by atoms with Gasteiger partial charge in [0.1, 0.15) is 5.82 Å². The summed E-state index contributed by atoms with van der Waals surface area (Å²) >= 11 is 0. The average molecular weight is 376 g/mol. The molecule has 0 spiro atoms. The molecular weight excluding hydrogens is 342 g/mol. The number of hydrogen-bond donors (Lipinski definition) is 3. The lowest BCUT2D eigenvalue weighted by atomic mass is 9.89. The van der Waals surface area contributed by atoms with Gasteiger partial charge in [-0.15, -0.1) is 0 Å². The van der Waals surface area contributed by atoms with E-state index in [1.807, 2.05) is 13.8 Å². The van der Waals surface area contributed by atoms with Crippen LogP contribution in [0.15, 0.2) is 12.1 Å². The van der Waals surface area contributed by atoms with Crippen molar-refractivity contribution >= 4 is 17.7 Å². The van der Waals surface area contributed by atoms with Gasteiger partial charge in [0.2, 0.25) is 5.91 Å². The van der Waals surface area contributed by atoms with E-state index in [0.717, 1.165) is 56.6 Å². The highest BCUT2D eigenvalue weighted by Crippen LogP contribution is 2.20. The van der Waals surface area contributed by atoms with Gasteiger partial charge in [-0.3, -0.25) is 9.59 Å². The largest absolute Gasteiger partial charge is 0.481 e. The number of amides is 1. The monoisotopic (exact) mass is 375 g/mol. The molecule has 0 saturated carbocycles. The van der Waals surface area contributed by atoms with E-state index in [-0.39, 0.29) is 17.7 Å². The molecule has 2 unspecified atom stereocenters. The van der Waals surface area contributed by atoms with E-state index >= 15 is 0 Å². The molecule has 6 nitrogen and oxygen atoms in total. The fourth-order valence-corrected chi connectivity index (χ4v) is 3.49. The Hall–Kier alpha value is -2.11. The topological polar surface area (TPSA) is 91.3 Å². The third-order valence-corrected chi connectivity index (χ3v) is 5.46. The van der Waals surface area contributed by atoms with Gasteiger partial charge in [-0.2, -0.15) is 0 Å². The van der Waals surface area contributed by atoms with Crippen molar-refractivity contribution in [2.24, 2.45) is 11.8 Å². The number of anilines is 1. The lowest BCUT2D eigenvalue weighted by molar-refractivity contribution is -0.144. The summed E-state index contributed by atoms with van der Waals surface area (Å²) in [6.07, 6.45) is 6.65. The molecule has 0 aromatic carbocycles. The number of aryl methyl sites for hydroxylation is 2. The van der Waals surface area contributed by atoms with Gasteiger partial charge < -0.3 is 15.7 Å². The van der Waals surface area contributed by atoms with Crippen LogP contribution in [0.2, 0.25) is 0 Å². The highest BCUT2D eigenvalue weighted by Gasteiger charge is 2.23. The predicted molar refractivity (Wildman–Crippen MR) is 107 cm³/mol. The van der Waals surface area contributed by atoms with E-state index in [1.165, 1.54) is 5.56 Å². The number of pyridine rings is 1. The molecule has 0 bridgehead atoms. The van der Waals surface area contributed by atoms with Crippen LogP contribution in [0.3, 0.4) is 0 Å². The second-order valence-corrected chi connectivity index (χ2v) is 7.52. The molecule has 6 heteroatoms. The third kappa shape index (κ3) is 6.85. The number of rotatable bonds is 11. The number of aromatic nitrogens is 1. The first-order chi connectivity index (χ1) is 13.0. The highest BCUT2D eigenvalue weighted by atomic mass is 16.4. The van der Waals surface area contributed by atoms with Crippen LogP contribution >= 0.6 is 0 Å². The van der Waals surface area contributed by atoms with Crippen molar-refractivity contribution in [3.63, 3.8) is 0 Å². The fourth-order valence-electron chi connectivity index (χ4n) is 3.49. The summed E-state index contributed by atoms with van der Waals surface area (Å²) in [5.41, 5.74) is 2.36. The Morgan fingerprint density at radius 1 is 1.33 bits per heavy atom. The Kier molecular flexibility index (Phi) is 8.55. The molecule has 0 aliphatic carbocycles. The molecule has 1 aromatic rings. The van der Waals surface area contributed by atoms with Crippen LogP contribution in [0.25, 0.3) is 0 Å². The van der Waals surface area contributed by atoms with Gasteiger partial charge in [0.25, 0.3) is 0 Å². The second-order valence-electron chi connectivity index (χ2n) is 7.52. The van der Waals surface area contributed by atoms with E-state index in [2.05, 4.69) is 27.8 Å². The molecule has 1 aliphatic heterocycles. The Balaban J connectivity index is 1.62. The smallest absolute Gasteiger partial charge is 0.306 e. The molecule has 1 aliphatic rings. The lowest BCUT2D eigenvalue weighted by Gasteiger charge is -2.18. The molecule has 150 valence electrons. The molecule has 1 amide bonds. The number of nitrogens with zero attached hydrogens (tertiary/aromatic N) is 1. The summed E-state index contributed by atoms with van der Waals surface area (Å²) < 4.78 is 0. The molecule has 2 rings (SSSR count). The van der Waals surface area contributed by atoms with E-state index < -0.39 is 5.97 Å². The molecule has 0 fully saturated rings. The standard InChI is InChI=1S/C21H33N3O3/c1-3-15(2)18(21(26)27)12-14-22-19(25)9-5-4-8-17-11-10-16-7-6-13-23-20(16)24-17/h10-11,15,18H,3-9,12-14H2,1-2H3,(H,22,25)(H,23,24)(H,26,27). The van der Waals surface area contributed by atoms with Gasteiger partial charge in [-0.1, -0.05) is 26.3 Å². The van der Waals surface area contributed by atoms with Crippen molar-refractivity contribution < 1.29 is 14.7 Å². The number of fused-ring (bicyclic) bond motifs is 1. The summed E-state index contributed by atoms with van der Waals surface area (Å²) in [7, 11) is 0. The first kappa shape index (κ1) is 21.2. The SMILES string of the molecule is CCC(C)C(CCNC(=O)CCCCc1ccc2c(n1)NCCC2)C(=O)O. The first-order valence-corrected chi connectivity index (χ1v) is 10.2. The number of carboxylic acids is 1. The quantitative estimate of drug-likeness (QED) is 0.516. The van der Waals surface area contributed by atoms with E-state index in [0.29, 0.717) is 19.4 Å². The molecule has 0 radical (unpaired) electrons. The minimum Gasteiger partial charge on any atom is -0.481 e. The molecular formula is C21H33N3O3. The van der Waals surface area contributed by atoms with Crippen LogP contribution in [0, 0.1) is 11.8 Å². The van der Waals surface area contributed by atoms with Gasteiger partial charge in [-0.25, -0.2) is 4.98 Å². The number of nitrogens with one attached hydrogen (secondary N) is 2. The van der Waals surface area contributed by atoms with Gasteiger partial charge >= 0.3 is 5.97 Å². The zero-order chi connectivity index (χ0) is 19.6. The number of carbonyl (C=O) groups is 2. The number of carbonyl (C=O) groups excluding carboxylic acids is 1. The Morgan fingerprint density at radius 3 is 2.89 bits per heavy atom. The summed E-state index contributed by atoms with van der Waals surface area (Å²) in [5, 5.41) is 15.5. The number of hydrogen-bond acceptors (Lipinski definition) is 4. The van der Waals surface area contributed by atoms with Crippen molar-refractivity contribution in [2.75, 3.05) is 18.4 Å². The first-order valence-electron chi connectivity index (χ1n) is 10.2. The van der Waals surface area contributed by atoms with Gasteiger partial charge in [0.05, 0.1) is 5.92 Å². The zero-order valence-electron chi connectivity index (χ0n) is 16.6. The van der Waals surface area contributed by atoms with Crippen LogP contribution in [-0.2, 0) is 22.4 Å². The molecule has 27 heavy (non-hydrogen) atoms. The van der Waals surface area contributed by atoms with E-state index in [9.17, 15) is 14.7 Å². The van der Waals surface area contributed by atoms with Crippen LogP contribution in [-0.4, -0.2) is 35.1 Å². The van der Waals surface area contributed by atoms with Crippen LogP contribution in [0.5, 0.6) is 0 Å². The van der Waals surface area contributed by atoms with Crippen molar-refractivity contribution in [1.29, 1.82) is 0 Å². The maximum absolute atomic E-state index is 12.0. The number of unbranched alkanes of at least 4 members (excludes halogenated alkanes) is 1. The predicted octanol–water partition coefficient (Wildman–Crippen LogP) is 3.41. The number of carboxylic acid groups (broad SMARTS) is 1. The third-order valence-electron chi connectivity index (χ3n) is 5.46.